The molecule has 6 heteroatoms. The second-order valence-corrected chi connectivity index (χ2v) is 10.2. The molecule has 0 aliphatic heterocycles. The summed E-state index contributed by atoms with van der Waals surface area (Å²) >= 11 is 0. The number of carbonyl (C=O) groups is 2. The van der Waals surface area contributed by atoms with E-state index in [1.54, 1.807) is 0 Å². The summed E-state index contributed by atoms with van der Waals surface area (Å²) in [4.78, 5) is 32.5. The molecule has 1 aromatic carbocycles. The maximum atomic E-state index is 13.3. The van der Waals surface area contributed by atoms with Crippen LogP contribution in [0.15, 0.2) is 18.2 Å². The minimum absolute atomic E-state index is 0.253. The molecule has 1 amide bonds. The Kier molecular flexibility index (Phi) is 8.28. The summed E-state index contributed by atoms with van der Waals surface area (Å²) in [6.45, 7) is 5.81. The average molecular weight is 468 g/mol. The van der Waals surface area contributed by atoms with Gasteiger partial charge in [0.1, 0.15) is 5.82 Å². The van der Waals surface area contributed by atoms with Crippen molar-refractivity contribution in [2.75, 3.05) is 13.7 Å². The van der Waals surface area contributed by atoms with Gasteiger partial charge in [0.15, 0.2) is 0 Å². The van der Waals surface area contributed by atoms with Crippen LogP contribution in [0.4, 0.5) is 0 Å². The number of rotatable bonds is 8. The van der Waals surface area contributed by atoms with Gasteiger partial charge in [-0.2, -0.15) is 0 Å². The molecule has 2 aromatic rings. The highest BCUT2D eigenvalue weighted by Crippen LogP contribution is 2.38. The predicted molar refractivity (Wildman–Crippen MR) is 135 cm³/mol. The molecule has 0 unspecified atom stereocenters. The van der Waals surface area contributed by atoms with E-state index in [9.17, 15) is 9.59 Å². The van der Waals surface area contributed by atoms with E-state index in [0.29, 0.717) is 30.5 Å². The first-order valence-electron chi connectivity index (χ1n) is 13.4. The molecule has 6 nitrogen and oxygen atoms in total. The highest BCUT2D eigenvalue weighted by atomic mass is 16.5. The van der Waals surface area contributed by atoms with E-state index in [-0.39, 0.29) is 11.9 Å². The molecule has 0 saturated heterocycles. The number of amides is 1. The van der Waals surface area contributed by atoms with Crippen LogP contribution < -0.4 is 0 Å². The Bertz CT molecular complexity index is 984. The Morgan fingerprint density at radius 3 is 2.44 bits per heavy atom. The van der Waals surface area contributed by atoms with Crippen molar-refractivity contribution >= 4 is 22.9 Å². The highest BCUT2D eigenvalue weighted by molar-refractivity contribution is 5.93. The van der Waals surface area contributed by atoms with Crippen molar-refractivity contribution in [2.24, 2.45) is 5.92 Å². The number of hydrogen-bond donors (Lipinski definition) is 0. The number of esters is 1. The van der Waals surface area contributed by atoms with Gasteiger partial charge in [0.25, 0.3) is 0 Å². The third-order valence-corrected chi connectivity index (χ3v) is 8.21. The van der Waals surface area contributed by atoms with Crippen molar-refractivity contribution in [2.45, 2.75) is 103 Å². The zero-order valence-corrected chi connectivity index (χ0v) is 21.2. The molecule has 0 N–H and O–H groups in total. The molecule has 1 heterocycles. The number of aryl methyl sites for hydroxylation is 1. The lowest BCUT2D eigenvalue weighted by Crippen LogP contribution is -2.41. The number of methoxy groups -OCH3 is 1. The van der Waals surface area contributed by atoms with E-state index in [1.807, 2.05) is 18.2 Å². The van der Waals surface area contributed by atoms with Crippen LogP contribution in [0.5, 0.6) is 0 Å². The topological polar surface area (TPSA) is 64.4 Å². The van der Waals surface area contributed by atoms with E-state index in [4.69, 9.17) is 9.72 Å². The molecular formula is C28H41N3O3. The minimum atomic E-state index is -0.345. The number of aromatic nitrogens is 2. The number of fused-ring (bicyclic) bond motifs is 1. The average Bonchev–Trinajstić information content (AvgIpc) is 3.25. The molecule has 186 valence electrons. The summed E-state index contributed by atoms with van der Waals surface area (Å²) in [7, 11) is 1.40. The van der Waals surface area contributed by atoms with Crippen LogP contribution >= 0.6 is 0 Å². The first kappa shape index (κ1) is 24.7. The largest absolute Gasteiger partial charge is 0.465 e. The number of imidazole rings is 1. The van der Waals surface area contributed by atoms with Crippen LogP contribution in [0.3, 0.4) is 0 Å². The first-order valence-corrected chi connectivity index (χ1v) is 13.4. The van der Waals surface area contributed by atoms with Gasteiger partial charge in [0.05, 0.1) is 23.7 Å². The lowest BCUT2D eigenvalue weighted by Gasteiger charge is -2.34. The third kappa shape index (κ3) is 5.31. The van der Waals surface area contributed by atoms with Crippen LogP contribution in [0.1, 0.15) is 107 Å². The Labute approximate surface area is 204 Å². The van der Waals surface area contributed by atoms with Crippen molar-refractivity contribution in [1.82, 2.24) is 14.5 Å². The van der Waals surface area contributed by atoms with Crippen LogP contribution in [0, 0.1) is 5.92 Å². The lowest BCUT2D eigenvalue weighted by molar-refractivity contribution is -0.134. The summed E-state index contributed by atoms with van der Waals surface area (Å²) in [5.41, 5.74) is 2.35. The lowest BCUT2D eigenvalue weighted by atomic mass is 9.80. The summed E-state index contributed by atoms with van der Waals surface area (Å²) in [5, 5.41) is 0. The van der Waals surface area contributed by atoms with E-state index in [0.717, 1.165) is 55.0 Å². The Morgan fingerprint density at radius 2 is 1.79 bits per heavy atom. The van der Waals surface area contributed by atoms with Gasteiger partial charge in [-0.25, -0.2) is 9.78 Å². The van der Waals surface area contributed by atoms with Crippen LogP contribution in [-0.2, 0) is 16.1 Å². The third-order valence-electron chi connectivity index (χ3n) is 8.21. The normalized spacial score (nSPS) is 21.5. The van der Waals surface area contributed by atoms with Gasteiger partial charge in [-0.3, -0.25) is 4.79 Å². The van der Waals surface area contributed by atoms with Gasteiger partial charge in [-0.05, 0) is 69.6 Å². The van der Waals surface area contributed by atoms with Crippen LogP contribution in [-0.4, -0.2) is 46.0 Å². The van der Waals surface area contributed by atoms with Gasteiger partial charge in [-0.15, -0.1) is 0 Å². The molecule has 4 rings (SSSR count). The maximum Gasteiger partial charge on any atom is 0.337 e. The van der Waals surface area contributed by atoms with Crippen molar-refractivity contribution in [3.8, 4) is 0 Å². The smallest absolute Gasteiger partial charge is 0.337 e. The van der Waals surface area contributed by atoms with Crippen molar-refractivity contribution < 1.29 is 14.3 Å². The predicted octanol–water partition coefficient (Wildman–Crippen LogP) is 6.08. The Morgan fingerprint density at radius 1 is 1.06 bits per heavy atom. The van der Waals surface area contributed by atoms with Crippen molar-refractivity contribution in [3.05, 3.63) is 29.6 Å². The highest BCUT2D eigenvalue weighted by Gasteiger charge is 2.28. The quantitative estimate of drug-likeness (QED) is 0.442. The Balaban J connectivity index is 1.58. The summed E-state index contributed by atoms with van der Waals surface area (Å²) in [6, 6.07) is 6.02. The minimum Gasteiger partial charge on any atom is -0.465 e. The fourth-order valence-corrected chi connectivity index (χ4v) is 6.15. The molecule has 0 spiro atoms. The molecule has 2 aliphatic carbocycles. The molecule has 0 atom stereocenters. The summed E-state index contributed by atoms with van der Waals surface area (Å²) < 4.78 is 7.18. The van der Waals surface area contributed by atoms with Crippen molar-refractivity contribution in [1.29, 1.82) is 0 Å². The van der Waals surface area contributed by atoms with Crippen LogP contribution in [0.2, 0.25) is 0 Å². The van der Waals surface area contributed by atoms with Gasteiger partial charge in [0, 0.05) is 31.5 Å². The number of nitrogens with zero attached hydrogens (tertiary/aromatic N) is 3. The van der Waals surface area contributed by atoms with Gasteiger partial charge in [-0.1, -0.05) is 32.6 Å². The molecule has 2 saturated carbocycles. The fraction of sp³-hybridized carbons (Fsp3) is 0.679. The van der Waals surface area contributed by atoms with Gasteiger partial charge >= 0.3 is 5.97 Å². The number of ether oxygens (including phenoxy) is 1. The van der Waals surface area contributed by atoms with Gasteiger partial charge < -0.3 is 14.2 Å². The summed E-state index contributed by atoms with van der Waals surface area (Å²) in [6.07, 6.45) is 12.5. The molecule has 1 aromatic heterocycles. The molecule has 2 aliphatic rings. The Hall–Kier alpha value is -2.37. The molecular weight excluding hydrogens is 426 g/mol. The maximum absolute atomic E-state index is 13.3. The fourth-order valence-electron chi connectivity index (χ4n) is 6.15. The second kappa shape index (κ2) is 11.4. The number of hydrogen-bond acceptors (Lipinski definition) is 4. The zero-order chi connectivity index (χ0) is 24.1. The monoisotopic (exact) mass is 467 g/mol. The molecule has 2 fully saturated rings. The number of benzene rings is 1. The van der Waals surface area contributed by atoms with Crippen molar-refractivity contribution in [3.63, 3.8) is 0 Å². The zero-order valence-electron chi connectivity index (χ0n) is 21.2. The first-order chi connectivity index (χ1) is 16.5. The van der Waals surface area contributed by atoms with Gasteiger partial charge in [0.2, 0.25) is 5.91 Å². The van der Waals surface area contributed by atoms with E-state index in [2.05, 4.69) is 23.3 Å². The molecule has 0 bridgehead atoms. The standard InChI is InChI=1S/C28H41N3O3/c1-4-20-11-13-21(14-12-20)27-29-24-19-22(28(33)34-3)15-16-25(24)31(27)18-17-26(32)30(5-2)23-9-7-6-8-10-23/h15-16,19-21,23H,4-14,17-18H2,1-3H3. The number of carbonyl (C=O) groups excluding carboxylic acids is 2. The molecule has 34 heavy (non-hydrogen) atoms. The second-order valence-electron chi connectivity index (χ2n) is 10.2. The summed E-state index contributed by atoms with van der Waals surface area (Å²) in [5.74, 6) is 2.22. The van der Waals surface area contributed by atoms with E-state index in [1.165, 1.54) is 45.6 Å². The van der Waals surface area contributed by atoms with E-state index >= 15 is 0 Å². The van der Waals surface area contributed by atoms with E-state index < -0.39 is 0 Å². The van der Waals surface area contributed by atoms with Crippen LogP contribution in [0.25, 0.3) is 11.0 Å². The SMILES string of the molecule is CCC1CCC(c2nc3cc(C(=O)OC)ccc3n2CCC(=O)N(CC)C2CCCCC2)CC1. The molecule has 0 radical (unpaired) electrons.